The van der Waals surface area contributed by atoms with Crippen molar-refractivity contribution in [3.05, 3.63) is 0 Å². The molecule has 1 N–H and O–H groups in total. The Morgan fingerprint density at radius 3 is 2.45 bits per heavy atom. The summed E-state index contributed by atoms with van der Waals surface area (Å²) in [4.78, 5) is 29.0. The molecule has 114 valence electrons. The molecule has 0 bridgehead atoms. The molecule has 2 heterocycles. The minimum absolute atomic E-state index is 0.0734. The first-order valence-electron chi connectivity index (χ1n) is 6.95. The van der Waals surface area contributed by atoms with E-state index in [-0.39, 0.29) is 19.2 Å². The zero-order valence-corrected chi connectivity index (χ0v) is 12.3. The van der Waals surface area contributed by atoms with Gasteiger partial charge in [-0.1, -0.05) is 6.92 Å². The Morgan fingerprint density at radius 2 is 1.90 bits per heavy atom. The molecule has 3 atom stereocenters. The van der Waals surface area contributed by atoms with Crippen molar-refractivity contribution < 1.29 is 19.4 Å². The molecule has 20 heavy (non-hydrogen) atoms. The lowest BCUT2D eigenvalue weighted by atomic mass is 10.1. The molecule has 2 fully saturated rings. The summed E-state index contributed by atoms with van der Waals surface area (Å²) in [5.41, 5.74) is 0. The van der Waals surface area contributed by atoms with Gasteiger partial charge in [-0.2, -0.15) is 0 Å². The molecule has 0 aliphatic carbocycles. The number of aliphatic carboxylic acids is 1. The number of carboxylic acids is 1. The molecule has 2 rings (SSSR count). The highest BCUT2D eigenvalue weighted by atomic mass is 16.5. The second-order valence-electron chi connectivity index (χ2n) is 5.84. The molecular weight excluding hydrogens is 262 g/mol. The number of carboxylic acid groups (broad SMARTS) is 1. The first-order chi connectivity index (χ1) is 9.40. The fourth-order valence-electron chi connectivity index (χ4n) is 2.95. The average Bonchev–Trinajstić information content (AvgIpc) is 2.80. The van der Waals surface area contributed by atoms with Gasteiger partial charge in [0.15, 0.2) is 6.10 Å². The van der Waals surface area contributed by atoms with Crippen LogP contribution in [0.25, 0.3) is 0 Å². The summed E-state index contributed by atoms with van der Waals surface area (Å²) in [6.07, 6.45) is -0.905. The summed E-state index contributed by atoms with van der Waals surface area (Å²) in [5.74, 6) is -0.589. The number of amides is 2. The van der Waals surface area contributed by atoms with Gasteiger partial charge in [0, 0.05) is 25.7 Å². The number of hydrogen-bond acceptors (Lipinski definition) is 4. The standard InChI is InChI=1S/C13H23N3O4/c1-9-6-16(7-10(9)14(2)3)13(19)15-4-5-20-11(8-15)12(17)18/h9-11H,4-8H2,1-3H3,(H,17,18). The Morgan fingerprint density at radius 1 is 1.20 bits per heavy atom. The normalized spacial score (nSPS) is 30.9. The topological polar surface area (TPSA) is 73.3 Å². The first kappa shape index (κ1) is 15.1. The molecule has 7 nitrogen and oxygen atoms in total. The van der Waals surface area contributed by atoms with Crippen molar-refractivity contribution >= 4 is 12.0 Å². The Kier molecular flexibility index (Phi) is 4.49. The third-order valence-corrected chi connectivity index (χ3v) is 4.12. The van der Waals surface area contributed by atoms with Gasteiger partial charge in [-0.3, -0.25) is 0 Å². The number of rotatable bonds is 2. The van der Waals surface area contributed by atoms with E-state index in [1.54, 1.807) is 4.90 Å². The number of likely N-dealkylation sites (tertiary alicyclic amines) is 1. The molecule has 2 aliphatic rings. The van der Waals surface area contributed by atoms with Gasteiger partial charge in [0.2, 0.25) is 0 Å². The van der Waals surface area contributed by atoms with Crippen molar-refractivity contribution in [2.45, 2.75) is 19.1 Å². The van der Waals surface area contributed by atoms with Crippen molar-refractivity contribution in [2.24, 2.45) is 5.92 Å². The van der Waals surface area contributed by atoms with Crippen molar-refractivity contribution in [2.75, 3.05) is 46.9 Å². The molecule has 0 aromatic carbocycles. The largest absolute Gasteiger partial charge is 0.479 e. The van der Waals surface area contributed by atoms with Gasteiger partial charge in [-0.05, 0) is 20.0 Å². The lowest BCUT2D eigenvalue weighted by Crippen LogP contribution is -2.52. The SMILES string of the molecule is CC1CN(C(=O)N2CCOC(C(=O)O)C2)CC1N(C)C. The Hall–Kier alpha value is -1.34. The monoisotopic (exact) mass is 285 g/mol. The highest BCUT2D eigenvalue weighted by Gasteiger charge is 2.37. The summed E-state index contributed by atoms with van der Waals surface area (Å²) in [6, 6.07) is 0.283. The van der Waals surface area contributed by atoms with Crippen LogP contribution in [-0.2, 0) is 9.53 Å². The van der Waals surface area contributed by atoms with Crippen LogP contribution in [0.15, 0.2) is 0 Å². The Balaban J connectivity index is 1.96. The van der Waals surface area contributed by atoms with Crippen LogP contribution < -0.4 is 0 Å². The number of hydrogen-bond donors (Lipinski definition) is 1. The number of ether oxygens (including phenoxy) is 1. The lowest BCUT2D eigenvalue weighted by Gasteiger charge is -2.34. The maximum atomic E-state index is 12.5. The van der Waals surface area contributed by atoms with Gasteiger partial charge in [0.05, 0.1) is 13.2 Å². The van der Waals surface area contributed by atoms with Crippen molar-refractivity contribution in [1.82, 2.24) is 14.7 Å². The van der Waals surface area contributed by atoms with Crippen LogP contribution in [0.4, 0.5) is 4.79 Å². The molecule has 2 saturated heterocycles. The smallest absolute Gasteiger partial charge is 0.334 e. The van der Waals surface area contributed by atoms with E-state index in [4.69, 9.17) is 9.84 Å². The average molecular weight is 285 g/mol. The maximum absolute atomic E-state index is 12.5. The maximum Gasteiger partial charge on any atom is 0.334 e. The lowest BCUT2D eigenvalue weighted by molar-refractivity contribution is -0.154. The van der Waals surface area contributed by atoms with Crippen LogP contribution >= 0.6 is 0 Å². The minimum atomic E-state index is -1.01. The number of urea groups is 1. The molecule has 2 amide bonds. The number of nitrogens with zero attached hydrogens (tertiary/aromatic N) is 3. The van der Waals surface area contributed by atoms with Crippen LogP contribution in [-0.4, -0.2) is 90.8 Å². The Bertz CT molecular complexity index is 388. The third-order valence-electron chi connectivity index (χ3n) is 4.12. The molecule has 2 aliphatic heterocycles. The second kappa shape index (κ2) is 5.97. The second-order valence-corrected chi connectivity index (χ2v) is 5.84. The molecule has 0 spiro atoms. The van der Waals surface area contributed by atoms with Gasteiger partial charge < -0.3 is 24.5 Å². The molecule has 7 heteroatoms. The van der Waals surface area contributed by atoms with E-state index in [1.165, 1.54) is 0 Å². The first-order valence-corrected chi connectivity index (χ1v) is 6.95. The van der Waals surface area contributed by atoms with Crippen molar-refractivity contribution in [1.29, 1.82) is 0 Å². The summed E-state index contributed by atoms with van der Waals surface area (Å²) in [5, 5.41) is 8.98. The third kappa shape index (κ3) is 3.04. The fraction of sp³-hybridized carbons (Fsp3) is 0.846. The zero-order chi connectivity index (χ0) is 14.9. The van der Waals surface area contributed by atoms with E-state index in [9.17, 15) is 9.59 Å². The molecule has 3 unspecified atom stereocenters. The van der Waals surface area contributed by atoms with E-state index in [0.29, 0.717) is 25.0 Å². The van der Waals surface area contributed by atoms with Gasteiger partial charge in [-0.25, -0.2) is 9.59 Å². The van der Waals surface area contributed by atoms with Gasteiger partial charge in [0.1, 0.15) is 0 Å². The molecule has 0 saturated carbocycles. The fourth-order valence-corrected chi connectivity index (χ4v) is 2.95. The van der Waals surface area contributed by atoms with E-state index < -0.39 is 12.1 Å². The van der Waals surface area contributed by atoms with Crippen LogP contribution in [0.1, 0.15) is 6.92 Å². The van der Waals surface area contributed by atoms with Gasteiger partial charge in [0.25, 0.3) is 0 Å². The Labute approximate surface area is 119 Å². The summed E-state index contributed by atoms with van der Waals surface area (Å²) < 4.78 is 5.14. The summed E-state index contributed by atoms with van der Waals surface area (Å²) >= 11 is 0. The van der Waals surface area contributed by atoms with Gasteiger partial charge in [-0.15, -0.1) is 0 Å². The molecule has 0 radical (unpaired) electrons. The molecule has 0 aromatic rings. The predicted octanol–water partition coefficient (Wildman–Crippen LogP) is -0.226. The molecular formula is C13H23N3O4. The van der Waals surface area contributed by atoms with E-state index in [1.807, 2.05) is 19.0 Å². The van der Waals surface area contributed by atoms with Gasteiger partial charge >= 0.3 is 12.0 Å². The number of carbonyl (C=O) groups excluding carboxylic acids is 1. The van der Waals surface area contributed by atoms with Crippen LogP contribution in [0.2, 0.25) is 0 Å². The summed E-state index contributed by atoms with van der Waals surface area (Å²) in [6.45, 7) is 4.42. The zero-order valence-electron chi connectivity index (χ0n) is 12.3. The van der Waals surface area contributed by atoms with Crippen molar-refractivity contribution in [3.8, 4) is 0 Å². The summed E-state index contributed by atoms with van der Waals surface area (Å²) in [7, 11) is 4.04. The van der Waals surface area contributed by atoms with E-state index >= 15 is 0 Å². The van der Waals surface area contributed by atoms with Crippen LogP contribution in [0, 0.1) is 5.92 Å². The number of carbonyl (C=O) groups is 2. The molecule has 0 aromatic heterocycles. The highest BCUT2D eigenvalue weighted by Crippen LogP contribution is 2.22. The van der Waals surface area contributed by atoms with E-state index in [0.717, 1.165) is 6.54 Å². The predicted molar refractivity (Wildman–Crippen MR) is 72.6 cm³/mol. The van der Waals surface area contributed by atoms with Crippen LogP contribution in [0.3, 0.4) is 0 Å². The highest BCUT2D eigenvalue weighted by molar-refractivity contribution is 5.77. The van der Waals surface area contributed by atoms with Crippen molar-refractivity contribution in [3.63, 3.8) is 0 Å². The quantitative estimate of drug-likeness (QED) is 0.759. The number of likely N-dealkylation sites (N-methyl/N-ethyl adjacent to an activating group) is 1. The van der Waals surface area contributed by atoms with E-state index in [2.05, 4.69) is 11.8 Å². The minimum Gasteiger partial charge on any atom is -0.479 e. The number of morpholine rings is 1. The van der Waals surface area contributed by atoms with Crippen LogP contribution in [0.5, 0.6) is 0 Å².